The van der Waals surface area contributed by atoms with Crippen LogP contribution < -0.4 is 16.0 Å². The van der Waals surface area contributed by atoms with Gasteiger partial charge in [-0.15, -0.1) is 0 Å². The Bertz CT molecular complexity index is 1100. The van der Waals surface area contributed by atoms with Gasteiger partial charge in [0.25, 0.3) is 0 Å². The van der Waals surface area contributed by atoms with E-state index in [9.17, 15) is 22.4 Å². The molecule has 0 atom stereocenters. The van der Waals surface area contributed by atoms with Crippen molar-refractivity contribution in [3.8, 4) is 5.69 Å². The largest absolute Gasteiger partial charge is 0.435 e. The number of aromatic nitrogens is 2. The van der Waals surface area contributed by atoms with E-state index in [2.05, 4.69) is 21.0 Å². The fourth-order valence-electron chi connectivity index (χ4n) is 2.89. The predicted octanol–water partition coefficient (Wildman–Crippen LogP) is 5.11. The van der Waals surface area contributed by atoms with Crippen molar-refractivity contribution in [2.75, 3.05) is 11.9 Å². The second kappa shape index (κ2) is 10.0. The highest BCUT2D eigenvalue weighted by molar-refractivity contribution is 6.30. The molecule has 0 bridgehead atoms. The Morgan fingerprint density at radius 3 is 2.56 bits per heavy atom. The number of rotatable bonds is 7. The van der Waals surface area contributed by atoms with Crippen LogP contribution in [0.4, 0.5) is 28.0 Å². The lowest BCUT2D eigenvalue weighted by Gasteiger charge is -2.11. The first kappa shape index (κ1) is 23.6. The number of halogens is 5. The minimum absolute atomic E-state index is 0.0851. The maximum atomic E-state index is 14.1. The molecule has 3 N–H and O–H groups in total. The number of anilines is 1. The van der Waals surface area contributed by atoms with Crippen molar-refractivity contribution in [2.24, 2.45) is 0 Å². The van der Waals surface area contributed by atoms with E-state index in [0.29, 0.717) is 29.4 Å². The average molecular weight is 470 g/mol. The number of hydrogen-bond acceptors (Lipinski definition) is 3. The van der Waals surface area contributed by atoms with Gasteiger partial charge in [0.1, 0.15) is 5.82 Å². The molecular weight excluding hydrogens is 450 g/mol. The summed E-state index contributed by atoms with van der Waals surface area (Å²) in [4.78, 5) is 12.2. The predicted molar refractivity (Wildman–Crippen MR) is 113 cm³/mol. The molecule has 2 aromatic carbocycles. The summed E-state index contributed by atoms with van der Waals surface area (Å²) >= 11 is 5.94. The zero-order chi connectivity index (χ0) is 23.3. The third-order valence-electron chi connectivity index (χ3n) is 4.43. The van der Waals surface area contributed by atoms with Gasteiger partial charge >= 0.3 is 12.2 Å². The summed E-state index contributed by atoms with van der Waals surface area (Å²) in [6.07, 6.45) is -4.66. The van der Waals surface area contributed by atoms with Crippen molar-refractivity contribution < 1.29 is 22.4 Å². The van der Waals surface area contributed by atoms with Gasteiger partial charge in [0.15, 0.2) is 5.69 Å². The molecule has 0 fully saturated rings. The summed E-state index contributed by atoms with van der Waals surface area (Å²) in [5, 5.41) is 11.8. The van der Waals surface area contributed by atoms with E-state index in [1.807, 2.05) is 6.92 Å². The van der Waals surface area contributed by atoms with Crippen LogP contribution in [0, 0.1) is 5.82 Å². The number of hydrogen-bond donors (Lipinski definition) is 3. The molecule has 1 heterocycles. The van der Waals surface area contributed by atoms with Crippen molar-refractivity contribution in [1.82, 2.24) is 20.4 Å². The number of carbonyl (C=O) groups is 1. The van der Waals surface area contributed by atoms with Gasteiger partial charge in [0.2, 0.25) is 0 Å². The minimum atomic E-state index is -4.66. The lowest BCUT2D eigenvalue weighted by atomic mass is 10.2. The first-order valence-corrected chi connectivity index (χ1v) is 10.0. The monoisotopic (exact) mass is 469 g/mol. The zero-order valence-electron chi connectivity index (χ0n) is 16.9. The summed E-state index contributed by atoms with van der Waals surface area (Å²) in [5.74, 6) is -0.488. The number of urea groups is 1. The highest BCUT2D eigenvalue weighted by atomic mass is 35.5. The number of amides is 2. The van der Waals surface area contributed by atoms with Gasteiger partial charge in [-0.1, -0.05) is 30.7 Å². The summed E-state index contributed by atoms with van der Waals surface area (Å²) < 4.78 is 54.7. The van der Waals surface area contributed by atoms with Gasteiger partial charge in [-0.05, 0) is 42.9 Å². The van der Waals surface area contributed by atoms with Crippen LogP contribution in [0.2, 0.25) is 5.02 Å². The molecule has 1 aromatic heterocycles. The Morgan fingerprint density at radius 1 is 1.12 bits per heavy atom. The SMILES string of the molecule is CCNCc1ccc(NC(=O)NCc2cc(C(F)(F)F)nn2-c2cccc(Cl)c2)cc1F. The van der Waals surface area contributed by atoms with Crippen molar-refractivity contribution in [3.05, 3.63) is 76.3 Å². The number of alkyl halides is 3. The van der Waals surface area contributed by atoms with Crippen LogP contribution in [-0.2, 0) is 19.3 Å². The molecule has 3 aromatic rings. The Labute approximate surface area is 186 Å². The minimum Gasteiger partial charge on any atom is -0.332 e. The Hall–Kier alpha value is -3.11. The molecule has 6 nitrogen and oxygen atoms in total. The standard InChI is InChI=1S/C21H20ClF4N5O/c1-2-27-11-13-6-7-15(9-18(13)23)29-20(32)28-12-17-10-19(21(24,25)26)30-31(17)16-5-3-4-14(22)8-16/h3-10,27H,2,11-12H2,1H3,(H2,28,29,32). The molecule has 3 rings (SSSR count). The molecule has 0 aliphatic carbocycles. The molecule has 0 saturated heterocycles. The normalized spacial score (nSPS) is 11.4. The molecule has 32 heavy (non-hydrogen) atoms. The van der Waals surface area contributed by atoms with Crippen LogP contribution in [0.5, 0.6) is 0 Å². The van der Waals surface area contributed by atoms with Crippen LogP contribution in [0.15, 0.2) is 48.5 Å². The highest BCUT2D eigenvalue weighted by Gasteiger charge is 2.35. The van der Waals surface area contributed by atoms with Crippen molar-refractivity contribution in [2.45, 2.75) is 26.2 Å². The molecule has 0 radical (unpaired) electrons. The summed E-state index contributed by atoms with van der Waals surface area (Å²) in [6, 6.07) is 10.5. The van der Waals surface area contributed by atoms with Gasteiger partial charge in [0, 0.05) is 22.8 Å². The van der Waals surface area contributed by atoms with Crippen LogP contribution in [0.3, 0.4) is 0 Å². The topological polar surface area (TPSA) is 71.0 Å². The Kier molecular flexibility index (Phi) is 7.37. The smallest absolute Gasteiger partial charge is 0.332 e. The van der Waals surface area contributed by atoms with E-state index in [4.69, 9.17) is 11.6 Å². The second-order valence-electron chi connectivity index (χ2n) is 6.80. The molecule has 0 aliphatic rings. The Balaban J connectivity index is 1.72. The van der Waals surface area contributed by atoms with Gasteiger partial charge in [-0.25, -0.2) is 13.9 Å². The molecular formula is C21H20ClF4N5O. The van der Waals surface area contributed by atoms with E-state index in [0.717, 1.165) is 10.7 Å². The maximum absolute atomic E-state index is 14.1. The molecule has 0 unspecified atom stereocenters. The number of carbonyl (C=O) groups excluding carboxylic acids is 1. The zero-order valence-corrected chi connectivity index (χ0v) is 17.7. The van der Waals surface area contributed by atoms with Gasteiger partial charge in [0.05, 0.1) is 17.9 Å². The van der Waals surface area contributed by atoms with E-state index in [-0.39, 0.29) is 17.9 Å². The third kappa shape index (κ3) is 5.98. The molecule has 0 spiro atoms. The van der Waals surface area contributed by atoms with Gasteiger partial charge < -0.3 is 16.0 Å². The lowest BCUT2D eigenvalue weighted by molar-refractivity contribution is -0.141. The van der Waals surface area contributed by atoms with Crippen molar-refractivity contribution in [1.29, 1.82) is 0 Å². The summed E-state index contributed by atoms with van der Waals surface area (Å²) in [6.45, 7) is 2.67. The lowest BCUT2D eigenvalue weighted by Crippen LogP contribution is -2.29. The maximum Gasteiger partial charge on any atom is 0.435 e. The number of nitrogens with one attached hydrogen (secondary N) is 3. The van der Waals surface area contributed by atoms with Gasteiger partial charge in [-0.3, -0.25) is 0 Å². The van der Waals surface area contributed by atoms with E-state index in [1.165, 1.54) is 24.3 Å². The van der Waals surface area contributed by atoms with Crippen molar-refractivity contribution in [3.63, 3.8) is 0 Å². The van der Waals surface area contributed by atoms with Gasteiger partial charge in [-0.2, -0.15) is 18.3 Å². The van der Waals surface area contributed by atoms with E-state index >= 15 is 0 Å². The summed E-state index contributed by atoms with van der Waals surface area (Å²) in [7, 11) is 0. The fourth-order valence-corrected chi connectivity index (χ4v) is 3.07. The molecule has 2 amide bonds. The summed E-state index contributed by atoms with van der Waals surface area (Å²) in [5.41, 5.74) is -0.0546. The number of benzene rings is 2. The van der Waals surface area contributed by atoms with Crippen LogP contribution >= 0.6 is 11.6 Å². The van der Waals surface area contributed by atoms with Crippen LogP contribution in [-0.4, -0.2) is 22.4 Å². The number of nitrogens with zero attached hydrogens (tertiary/aromatic N) is 2. The average Bonchev–Trinajstić information content (AvgIpc) is 3.17. The van der Waals surface area contributed by atoms with E-state index in [1.54, 1.807) is 18.2 Å². The third-order valence-corrected chi connectivity index (χ3v) is 4.67. The van der Waals surface area contributed by atoms with E-state index < -0.39 is 23.7 Å². The second-order valence-corrected chi connectivity index (χ2v) is 7.24. The first-order valence-electron chi connectivity index (χ1n) is 9.63. The fraction of sp³-hybridized carbons (Fsp3) is 0.238. The van der Waals surface area contributed by atoms with Crippen LogP contribution in [0.1, 0.15) is 23.9 Å². The highest BCUT2D eigenvalue weighted by Crippen LogP contribution is 2.30. The first-order chi connectivity index (χ1) is 15.2. The Morgan fingerprint density at radius 2 is 1.91 bits per heavy atom. The molecule has 11 heteroatoms. The molecule has 170 valence electrons. The molecule has 0 aliphatic heterocycles. The quantitative estimate of drug-likeness (QED) is 0.421. The molecule has 0 saturated carbocycles. The van der Waals surface area contributed by atoms with Crippen molar-refractivity contribution >= 4 is 23.3 Å². The van der Waals surface area contributed by atoms with Crippen LogP contribution in [0.25, 0.3) is 5.69 Å².